The SMILES string of the molecule is O=C1CCCC(=O)C2C(=O)CC(SCCNC1)C2=O. The van der Waals surface area contributed by atoms with Crippen molar-refractivity contribution in [3.05, 3.63) is 0 Å². The number of hydrogen-bond acceptors (Lipinski definition) is 6. The van der Waals surface area contributed by atoms with E-state index in [0.29, 0.717) is 31.7 Å². The van der Waals surface area contributed by atoms with E-state index in [4.69, 9.17) is 0 Å². The number of fused-ring (bicyclic) bond motifs is 2. The zero-order valence-corrected chi connectivity index (χ0v) is 11.5. The molecule has 2 atom stereocenters. The van der Waals surface area contributed by atoms with Crippen molar-refractivity contribution in [2.45, 2.75) is 30.9 Å². The lowest BCUT2D eigenvalue weighted by Gasteiger charge is -2.08. The molecule has 0 spiro atoms. The van der Waals surface area contributed by atoms with Gasteiger partial charge >= 0.3 is 0 Å². The predicted octanol–water partition coefficient (Wildman–Crippen LogP) is 0.158. The Bertz CT molecular complexity index is 421. The van der Waals surface area contributed by atoms with Crippen molar-refractivity contribution in [2.75, 3.05) is 18.8 Å². The van der Waals surface area contributed by atoms with E-state index >= 15 is 0 Å². The normalized spacial score (nSPS) is 30.7. The molecule has 2 bridgehead atoms. The first kappa shape index (κ1) is 14.4. The molecule has 1 heterocycles. The Labute approximate surface area is 115 Å². The van der Waals surface area contributed by atoms with Gasteiger partial charge < -0.3 is 5.32 Å². The molecule has 0 radical (unpaired) electrons. The quantitative estimate of drug-likeness (QED) is 0.638. The fraction of sp³-hybridized carbons (Fsp3) is 0.692. The third kappa shape index (κ3) is 3.51. The highest BCUT2D eigenvalue weighted by atomic mass is 32.2. The van der Waals surface area contributed by atoms with E-state index in [0.717, 1.165) is 0 Å². The molecule has 0 aromatic rings. The van der Waals surface area contributed by atoms with Crippen LogP contribution in [0, 0.1) is 5.92 Å². The van der Waals surface area contributed by atoms with E-state index in [1.807, 2.05) is 0 Å². The summed E-state index contributed by atoms with van der Waals surface area (Å²) in [6, 6.07) is 0. The Balaban J connectivity index is 2.07. The Hall–Kier alpha value is -1.01. The molecule has 19 heavy (non-hydrogen) atoms. The fourth-order valence-electron chi connectivity index (χ4n) is 2.42. The zero-order chi connectivity index (χ0) is 13.8. The number of hydrogen-bond donors (Lipinski definition) is 1. The number of carbonyl (C=O) groups is 4. The van der Waals surface area contributed by atoms with Crippen LogP contribution in [0.5, 0.6) is 0 Å². The topological polar surface area (TPSA) is 80.3 Å². The second kappa shape index (κ2) is 6.43. The van der Waals surface area contributed by atoms with Crippen LogP contribution in [0.2, 0.25) is 0 Å². The largest absolute Gasteiger partial charge is 0.309 e. The van der Waals surface area contributed by atoms with Gasteiger partial charge in [0.2, 0.25) is 0 Å². The van der Waals surface area contributed by atoms with Crippen molar-refractivity contribution in [1.29, 1.82) is 0 Å². The molecule has 2 aliphatic rings. The summed E-state index contributed by atoms with van der Waals surface area (Å²) in [6.45, 7) is 0.947. The van der Waals surface area contributed by atoms with Crippen LogP contribution >= 0.6 is 11.8 Å². The van der Waals surface area contributed by atoms with Gasteiger partial charge in [-0.1, -0.05) is 0 Å². The summed E-state index contributed by atoms with van der Waals surface area (Å²) in [5.41, 5.74) is 0. The summed E-state index contributed by atoms with van der Waals surface area (Å²) in [7, 11) is 0. The minimum absolute atomic E-state index is 0.0693. The Kier molecular flexibility index (Phi) is 4.87. The molecule has 2 rings (SSSR count). The van der Waals surface area contributed by atoms with Crippen LogP contribution in [0.4, 0.5) is 0 Å². The second-order valence-electron chi connectivity index (χ2n) is 4.90. The van der Waals surface area contributed by atoms with Crippen molar-refractivity contribution in [2.24, 2.45) is 5.92 Å². The summed E-state index contributed by atoms with van der Waals surface area (Å²) in [5, 5.41) is 2.64. The molecular formula is C13H17NO4S. The van der Waals surface area contributed by atoms with Crippen LogP contribution in [0.1, 0.15) is 25.7 Å². The maximum atomic E-state index is 12.0. The monoisotopic (exact) mass is 283 g/mol. The summed E-state index contributed by atoms with van der Waals surface area (Å²) < 4.78 is 0. The number of carbonyl (C=O) groups excluding carboxylic acids is 4. The molecule has 1 aliphatic heterocycles. The second-order valence-corrected chi connectivity index (χ2v) is 6.21. The van der Waals surface area contributed by atoms with E-state index in [2.05, 4.69) is 5.32 Å². The fourth-order valence-corrected chi connectivity index (χ4v) is 3.55. The van der Waals surface area contributed by atoms with Crippen LogP contribution in [-0.4, -0.2) is 47.2 Å². The Morgan fingerprint density at radius 1 is 1.05 bits per heavy atom. The molecule has 0 aromatic heterocycles. The van der Waals surface area contributed by atoms with Gasteiger partial charge in [0.05, 0.1) is 11.8 Å². The van der Waals surface area contributed by atoms with Crippen LogP contribution in [0.25, 0.3) is 0 Å². The van der Waals surface area contributed by atoms with Crippen molar-refractivity contribution in [3.8, 4) is 0 Å². The summed E-state index contributed by atoms with van der Waals surface area (Å²) in [4.78, 5) is 47.2. The molecule has 2 fully saturated rings. The van der Waals surface area contributed by atoms with Gasteiger partial charge in [0.25, 0.3) is 0 Å². The standard InChI is InChI=1S/C13H17NO4S/c15-8-2-1-3-9(16)12-10(17)6-11(13(12)18)19-5-4-14-7-8/h11-12,14H,1-7H2. The molecular weight excluding hydrogens is 266 g/mol. The predicted molar refractivity (Wildman–Crippen MR) is 71.1 cm³/mol. The van der Waals surface area contributed by atoms with Crippen molar-refractivity contribution >= 4 is 34.9 Å². The van der Waals surface area contributed by atoms with Gasteiger partial charge in [0.1, 0.15) is 11.7 Å². The van der Waals surface area contributed by atoms with E-state index in [-0.39, 0.29) is 41.2 Å². The Morgan fingerprint density at radius 2 is 1.84 bits per heavy atom. The first-order valence-electron chi connectivity index (χ1n) is 6.53. The molecule has 1 saturated heterocycles. The van der Waals surface area contributed by atoms with E-state index in [1.165, 1.54) is 11.8 Å². The summed E-state index contributed by atoms with van der Waals surface area (Å²) in [5.74, 6) is -1.11. The molecule has 1 aliphatic carbocycles. The smallest absolute Gasteiger partial charge is 0.164 e. The third-order valence-electron chi connectivity index (χ3n) is 3.43. The first-order chi connectivity index (χ1) is 9.09. The van der Waals surface area contributed by atoms with Crippen LogP contribution in [0.3, 0.4) is 0 Å². The van der Waals surface area contributed by atoms with Gasteiger partial charge in [0, 0.05) is 31.6 Å². The Morgan fingerprint density at radius 3 is 2.63 bits per heavy atom. The number of nitrogens with one attached hydrogen (secondary N) is 1. The lowest BCUT2D eigenvalue weighted by molar-refractivity contribution is -0.136. The van der Waals surface area contributed by atoms with Crippen molar-refractivity contribution in [3.63, 3.8) is 0 Å². The molecule has 0 aromatic carbocycles. The molecule has 104 valence electrons. The van der Waals surface area contributed by atoms with Gasteiger partial charge in [-0.2, -0.15) is 0 Å². The van der Waals surface area contributed by atoms with Crippen molar-refractivity contribution < 1.29 is 19.2 Å². The first-order valence-corrected chi connectivity index (χ1v) is 7.57. The molecule has 1 saturated carbocycles. The van der Waals surface area contributed by atoms with Crippen molar-refractivity contribution in [1.82, 2.24) is 5.32 Å². The maximum Gasteiger partial charge on any atom is 0.164 e. The van der Waals surface area contributed by atoms with Gasteiger partial charge in [-0.15, -0.1) is 11.8 Å². The van der Waals surface area contributed by atoms with Gasteiger partial charge in [0.15, 0.2) is 17.3 Å². The molecule has 2 unspecified atom stereocenters. The molecule has 6 heteroatoms. The average Bonchev–Trinajstić information content (AvgIpc) is 2.63. The highest BCUT2D eigenvalue weighted by Gasteiger charge is 2.44. The van der Waals surface area contributed by atoms with E-state index < -0.39 is 5.92 Å². The lowest BCUT2D eigenvalue weighted by Crippen LogP contribution is -2.27. The average molecular weight is 283 g/mol. The summed E-state index contributed by atoms with van der Waals surface area (Å²) >= 11 is 1.40. The number of Topliss-reactive ketones (excluding diaryl/α,β-unsaturated/α-hetero) is 4. The maximum absolute atomic E-state index is 12.0. The lowest BCUT2D eigenvalue weighted by atomic mass is 9.96. The highest BCUT2D eigenvalue weighted by Crippen LogP contribution is 2.30. The van der Waals surface area contributed by atoms with E-state index in [9.17, 15) is 19.2 Å². The zero-order valence-electron chi connectivity index (χ0n) is 10.6. The molecule has 5 nitrogen and oxygen atoms in total. The highest BCUT2D eigenvalue weighted by molar-refractivity contribution is 8.00. The van der Waals surface area contributed by atoms with Gasteiger partial charge in [-0.3, -0.25) is 19.2 Å². The number of thioether (sulfide) groups is 1. The van der Waals surface area contributed by atoms with Crippen LogP contribution in [-0.2, 0) is 19.2 Å². The van der Waals surface area contributed by atoms with E-state index in [1.54, 1.807) is 0 Å². The van der Waals surface area contributed by atoms with Crippen LogP contribution < -0.4 is 5.32 Å². The number of rotatable bonds is 0. The van der Waals surface area contributed by atoms with Gasteiger partial charge in [-0.05, 0) is 6.42 Å². The summed E-state index contributed by atoms with van der Waals surface area (Å²) in [6.07, 6.45) is 1.07. The van der Waals surface area contributed by atoms with Gasteiger partial charge in [-0.25, -0.2) is 0 Å². The molecule has 0 amide bonds. The van der Waals surface area contributed by atoms with Crippen LogP contribution in [0.15, 0.2) is 0 Å². The number of ketones is 4. The minimum atomic E-state index is -1.05. The third-order valence-corrected chi connectivity index (χ3v) is 4.67. The molecule has 1 N–H and O–H groups in total. The minimum Gasteiger partial charge on any atom is -0.309 e.